The molecule has 0 unspecified atom stereocenters. The summed E-state index contributed by atoms with van der Waals surface area (Å²) in [5.41, 5.74) is -0.00637. The van der Waals surface area contributed by atoms with Crippen LogP contribution < -0.4 is 9.47 Å². The number of ether oxygens (including phenoxy) is 2. The van der Waals surface area contributed by atoms with Crippen LogP contribution in [0.3, 0.4) is 0 Å². The minimum Gasteiger partial charge on any atom is -0.493 e. The van der Waals surface area contributed by atoms with Crippen molar-refractivity contribution in [2.45, 2.75) is 19.5 Å². The molecule has 11 heteroatoms. The van der Waals surface area contributed by atoms with Crippen molar-refractivity contribution >= 4 is 0 Å². The molecule has 0 radical (unpaired) electrons. The highest BCUT2D eigenvalue weighted by Gasteiger charge is 2.36. The summed E-state index contributed by atoms with van der Waals surface area (Å²) >= 11 is 0. The maximum atomic E-state index is 12.5. The first kappa shape index (κ1) is 16.9. The minimum absolute atomic E-state index is 0.00637. The van der Waals surface area contributed by atoms with Gasteiger partial charge >= 0.3 is 12.5 Å². The molecule has 0 aliphatic carbocycles. The third-order valence-electron chi connectivity index (χ3n) is 2.48. The monoisotopic (exact) mass is 341 g/mol. The number of nitrogens with one attached hydrogen (secondary N) is 1. The number of alkyl halides is 6. The second-order valence-electron chi connectivity index (χ2n) is 4.14. The molecule has 126 valence electrons. The van der Waals surface area contributed by atoms with E-state index in [-0.39, 0.29) is 23.7 Å². The topological polar surface area (TPSA) is 60.0 Å². The van der Waals surface area contributed by atoms with E-state index in [1.54, 1.807) is 12.0 Å². The molecule has 0 spiro atoms. The SMILES string of the molecule is CCOc1cc(OC(F)(F)F)ccc1-c1n[nH]c(C(F)(F)F)n1. The molecule has 0 saturated heterocycles. The van der Waals surface area contributed by atoms with Gasteiger partial charge in [-0.15, -0.1) is 13.2 Å². The highest BCUT2D eigenvalue weighted by molar-refractivity contribution is 5.65. The van der Waals surface area contributed by atoms with E-state index in [9.17, 15) is 26.3 Å². The van der Waals surface area contributed by atoms with Gasteiger partial charge < -0.3 is 9.47 Å². The zero-order valence-corrected chi connectivity index (χ0v) is 11.4. The van der Waals surface area contributed by atoms with Crippen molar-refractivity contribution in [3.63, 3.8) is 0 Å². The maximum absolute atomic E-state index is 12.5. The number of rotatable bonds is 4. The number of nitrogens with zero attached hydrogens (tertiary/aromatic N) is 2. The molecule has 0 amide bonds. The third kappa shape index (κ3) is 4.27. The lowest BCUT2D eigenvalue weighted by atomic mass is 10.2. The third-order valence-corrected chi connectivity index (χ3v) is 2.48. The van der Waals surface area contributed by atoms with Crippen molar-refractivity contribution < 1.29 is 35.8 Å². The van der Waals surface area contributed by atoms with Crippen LogP contribution in [0.5, 0.6) is 11.5 Å². The van der Waals surface area contributed by atoms with Gasteiger partial charge in [0.05, 0.1) is 12.2 Å². The van der Waals surface area contributed by atoms with Crippen LogP contribution >= 0.6 is 0 Å². The molecule has 5 nitrogen and oxygen atoms in total. The average Bonchev–Trinajstić information content (AvgIpc) is 2.86. The maximum Gasteiger partial charge on any atom is 0.573 e. The van der Waals surface area contributed by atoms with Crippen molar-refractivity contribution in [1.29, 1.82) is 0 Å². The van der Waals surface area contributed by atoms with E-state index in [1.807, 2.05) is 0 Å². The lowest BCUT2D eigenvalue weighted by molar-refractivity contribution is -0.274. The van der Waals surface area contributed by atoms with Gasteiger partial charge in [-0.2, -0.15) is 18.3 Å². The van der Waals surface area contributed by atoms with Crippen LogP contribution in [0, 0.1) is 0 Å². The van der Waals surface area contributed by atoms with Crippen molar-refractivity contribution in [1.82, 2.24) is 15.2 Å². The molecule has 0 aliphatic heterocycles. The fraction of sp³-hybridized carbons (Fsp3) is 0.333. The highest BCUT2D eigenvalue weighted by Crippen LogP contribution is 2.35. The minimum atomic E-state index is -4.90. The summed E-state index contributed by atoms with van der Waals surface area (Å²) in [5, 5.41) is 5.11. The van der Waals surface area contributed by atoms with Crippen molar-refractivity contribution in [2.75, 3.05) is 6.61 Å². The average molecular weight is 341 g/mol. The standard InChI is InChI=1S/C12H9F6N3O2/c1-2-22-8-5-6(23-12(16,17)18)3-4-7(8)9-19-10(21-20-9)11(13,14)15/h3-5H,2H2,1H3,(H,19,20,21). The Morgan fingerprint density at radius 1 is 1.13 bits per heavy atom. The Kier molecular flexibility index (Phi) is 4.39. The number of hydrogen-bond acceptors (Lipinski definition) is 4. The first-order valence-corrected chi connectivity index (χ1v) is 6.12. The molecule has 1 aromatic carbocycles. The Labute approximate surface area is 125 Å². The Morgan fingerprint density at radius 3 is 2.35 bits per heavy atom. The van der Waals surface area contributed by atoms with E-state index < -0.39 is 24.1 Å². The zero-order valence-electron chi connectivity index (χ0n) is 11.4. The van der Waals surface area contributed by atoms with Crippen LogP contribution in [-0.4, -0.2) is 28.2 Å². The fourth-order valence-electron chi connectivity index (χ4n) is 1.67. The van der Waals surface area contributed by atoms with E-state index in [0.717, 1.165) is 18.2 Å². The second-order valence-corrected chi connectivity index (χ2v) is 4.14. The fourth-order valence-corrected chi connectivity index (χ4v) is 1.67. The van der Waals surface area contributed by atoms with Crippen LogP contribution in [0.1, 0.15) is 12.7 Å². The summed E-state index contributed by atoms with van der Waals surface area (Å²) in [6.07, 6.45) is -9.63. The summed E-state index contributed by atoms with van der Waals surface area (Å²) in [5.74, 6) is -2.40. The molecular weight excluding hydrogens is 332 g/mol. The Morgan fingerprint density at radius 2 is 1.83 bits per heavy atom. The smallest absolute Gasteiger partial charge is 0.493 e. The van der Waals surface area contributed by atoms with Gasteiger partial charge in [0.1, 0.15) is 11.5 Å². The Hall–Kier alpha value is -2.46. The molecule has 0 atom stereocenters. The van der Waals surface area contributed by atoms with Gasteiger partial charge in [0, 0.05) is 6.07 Å². The number of aromatic nitrogens is 3. The van der Waals surface area contributed by atoms with Crippen molar-refractivity contribution in [3.05, 3.63) is 24.0 Å². The van der Waals surface area contributed by atoms with Gasteiger partial charge in [-0.1, -0.05) is 0 Å². The second kappa shape index (κ2) is 5.97. The van der Waals surface area contributed by atoms with E-state index in [4.69, 9.17) is 4.74 Å². The Balaban J connectivity index is 2.39. The lowest BCUT2D eigenvalue weighted by Gasteiger charge is -2.12. The Bertz CT molecular complexity index is 680. The van der Waals surface area contributed by atoms with Crippen LogP contribution in [0.15, 0.2) is 18.2 Å². The largest absolute Gasteiger partial charge is 0.573 e. The number of benzene rings is 1. The van der Waals surface area contributed by atoms with Gasteiger partial charge in [0.2, 0.25) is 5.82 Å². The molecular formula is C12H9F6N3O2. The summed E-state index contributed by atoms with van der Waals surface area (Å²) in [6, 6.07) is 2.90. The molecule has 1 aromatic heterocycles. The lowest BCUT2D eigenvalue weighted by Crippen LogP contribution is -2.17. The predicted octanol–water partition coefficient (Wildman–Crippen LogP) is 3.79. The molecule has 1 heterocycles. The van der Waals surface area contributed by atoms with Gasteiger partial charge in [-0.25, -0.2) is 4.98 Å². The predicted molar refractivity (Wildman–Crippen MR) is 64.7 cm³/mol. The molecule has 0 fully saturated rings. The number of halogens is 6. The van der Waals surface area contributed by atoms with Gasteiger partial charge in [-0.3, -0.25) is 5.10 Å². The van der Waals surface area contributed by atoms with Crippen LogP contribution in [-0.2, 0) is 6.18 Å². The normalized spacial score (nSPS) is 12.3. The quantitative estimate of drug-likeness (QED) is 0.860. The number of aromatic amines is 1. The van der Waals surface area contributed by atoms with Crippen LogP contribution in [0.25, 0.3) is 11.4 Å². The highest BCUT2D eigenvalue weighted by atomic mass is 19.4. The van der Waals surface area contributed by atoms with Crippen LogP contribution in [0.4, 0.5) is 26.3 Å². The van der Waals surface area contributed by atoms with Crippen molar-refractivity contribution in [3.8, 4) is 22.9 Å². The molecule has 23 heavy (non-hydrogen) atoms. The number of H-pyrrole nitrogens is 1. The first-order valence-electron chi connectivity index (χ1n) is 6.12. The summed E-state index contributed by atoms with van der Waals surface area (Å²) < 4.78 is 83.0. The zero-order chi connectivity index (χ0) is 17.3. The number of hydrogen-bond donors (Lipinski definition) is 1. The van der Waals surface area contributed by atoms with E-state index in [2.05, 4.69) is 14.8 Å². The van der Waals surface area contributed by atoms with Gasteiger partial charge in [0.15, 0.2) is 5.82 Å². The van der Waals surface area contributed by atoms with Gasteiger partial charge in [0.25, 0.3) is 0 Å². The summed E-state index contributed by atoms with van der Waals surface area (Å²) in [7, 11) is 0. The summed E-state index contributed by atoms with van der Waals surface area (Å²) in [4.78, 5) is 3.26. The van der Waals surface area contributed by atoms with Crippen LogP contribution in [0.2, 0.25) is 0 Å². The summed E-state index contributed by atoms with van der Waals surface area (Å²) in [6.45, 7) is 1.62. The molecule has 1 N–H and O–H groups in total. The molecule has 0 saturated carbocycles. The molecule has 0 bridgehead atoms. The molecule has 0 aliphatic rings. The first-order chi connectivity index (χ1) is 10.6. The van der Waals surface area contributed by atoms with E-state index in [0.29, 0.717) is 0 Å². The molecule has 2 aromatic rings. The van der Waals surface area contributed by atoms with Crippen molar-refractivity contribution in [2.24, 2.45) is 0 Å². The molecule has 2 rings (SSSR count). The van der Waals surface area contributed by atoms with Gasteiger partial charge in [-0.05, 0) is 19.1 Å². The van der Waals surface area contributed by atoms with E-state index >= 15 is 0 Å². The van der Waals surface area contributed by atoms with E-state index in [1.165, 1.54) is 0 Å².